The van der Waals surface area contributed by atoms with Crippen molar-refractivity contribution in [3.05, 3.63) is 0 Å². The van der Waals surface area contributed by atoms with E-state index in [1.807, 2.05) is 0 Å². The Hall–Kier alpha value is -0.0800. The van der Waals surface area contributed by atoms with Gasteiger partial charge in [-0.2, -0.15) is 0 Å². The van der Waals surface area contributed by atoms with E-state index in [1.165, 1.54) is 64.8 Å². The molecule has 1 atom stereocenters. The van der Waals surface area contributed by atoms with Gasteiger partial charge < -0.3 is 10.2 Å². The molecule has 1 heterocycles. The Morgan fingerprint density at radius 3 is 2.80 bits per heavy atom. The Balaban J connectivity index is 1.94. The summed E-state index contributed by atoms with van der Waals surface area (Å²) in [5.41, 5.74) is 0. The normalized spacial score (nSPS) is 22.4. The van der Waals surface area contributed by atoms with Crippen molar-refractivity contribution < 1.29 is 0 Å². The fourth-order valence-electron chi connectivity index (χ4n) is 2.42. The first kappa shape index (κ1) is 13.0. The highest BCUT2D eigenvalue weighted by molar-refractivity contribution is 4.75. The molecule has 0 aromatic rings. The summed E-state index contributed by atoms with van der Waals surface area (Å²) in [4.78, 5) is 2.62. The minimum Gasteiger partial charge on any atom is -0.315 e. The number of hydrogen-bond acceptors (Lipinski definition) is 2. The third kappa shape index (κ3) is 5.53. The van der Waals surface area contributed by atoms with Gasteiger partial charge in [-0.15, -0.1) is 0 Å². The topological polar surface area (TPSA) is 15.3 Å². The highest BCUT2D eigenvalue weighted by Gasteiger charge is 2.20. The Kier molecular flexibility index (Phi) is 7.03. The molecule has 0 radical (unpaired) electrons. The molecule has 0 amide bonds. The summed E-state index contributed by atoms with van der Waals surface area (Å²) < 4.78 is 0. The summed E-state index contributed by atoms with van der Waals surface area (Å²) in [5, 5.41) is 3.52. The molecule has 1 unspecified atom stereocenters. The SMILES string of the molecule is CCCCNCCN1CCC(CCC)C1. The van der Waals surface area contributed by atoms with Gasteiger partial charge in [-0.1, -0.05) is 26.7 Å². The van der Waals surface area contributed by atoms with E-state index in [9.17, 15) is 0 Å². The average Bonchev–Trinajstić information content (AvgIpc) is 2.66. The molecule has 1 N–H and O–H groups in total. The first-order valence-electron chi connectivity index (χ1n) is 6.79. The van der Waals surface area contributed by atoms with Crippen LogP contribution in [0.25, 0.3) is 0 Å². The van der Waals surface area contributed by atoms with Crippen molar-refractivity contribution in [2.75, 3.05) is 32.7 Å². The predicted octanol–water partition coefficient (Wildman–Crippen LogP) is 2.50. The van der Waals surface area contributed by atoms with Crippen LogP contribution >= 0.6 is 0 Å². The molecule has 0 bridgehead atoms. The molecule has 1 rings (SSSR count). The van der Waals surface area contributed by atoms with E-state index in [2.05, 4.69) is 24.1 Å². The Morgan fingerprint density at radius 2 is 2.07 bits per heavy atom. The van der Waals surface area contributed by atoms with Crippen LogP contribution in [0.5, 0.6) is 0 Å². The van der Waals surface area contributed by atoms with Crippen molar-refractivity contribution in [1.29, 1.82) is 0 Å². The lowest BCUT2D eigenvalue weighted by atomic mass is 10.0. The van der Waals surface area contributed by atoms with Crippen LogP contribution in [0.4, 0.5) is 0 Å². The third-order valence-corrected chi connectivity index (χ3v) is 3.38. The van der Waals surface area contributed by atoms with Gasteiger partial charge >= 0.3 is 0 Å². The lowest BCUT2D eigenvalue weighted by molar-refractivity contribution is 0.318. The van der Waals surface area contributed by atoms with Crippen LogP contribution in [0.15, 0.2) is 0 Å². The number of rotatable bonds is 8. The Morgan fingerprint density at radius 1 is 1.20 bits per heavy atom. The molecule has 1 aliphatic rings. The van der Waals surface area contributed by atoms with Gasteiger partial charge in [0, 0.05) is 19.6 Å². The summed E-state index contributed by atoms with van der Waals surface area (Å²) in [7, 11) is 0. The lowest BCUT2D eigenvalue weighted by Crippen LogP contribution is -2.31. The zero-order valence-corrected chi connectivity index (χ0v) is 10.6. The van der Waals surface area contributed by atoms with Gasteiger partial charge in [-0.05, 0) is 38.3 Å². The summed E-state index contributed by atoms with van der Waals surface area (Å²) in [6.45, 7) is 10.9. The van der Waals surface area contributed by atoms with Gasteiger partial charge in [0.2, 0.25) is 0 Å². The second-order valence-electron chi connectivity index (χ2n) is 4.85. The zero-order chi connectivity index (χ0) is 10.9. The standard InChI is InChI=1S/C13H28N2/c1-3-5-8-14-9-11-15-10-7-13(12-15)6-4-2/h13-14H,3-12H2,1-2H3. The number of unbranched alkanes of at least 4 members (excludes halogenated alkanes) is 1. The molecule has 0 aromatic carbocycles. The predicted molar refractivity (Wildman–Crippen MR) is 67.2 cm³/mol. The maximum absolute atomic E-state index is 3.52. The van der Waals surface area contributed by atoms with Gasteiger partial charge in [-0.25, -0.2) is 0 Å². The van der Waals surface area contributed by atoms with E-state index in [0.29, 0.717) is 0 Å². The van der Waals surface area contributed by atoms with Crippen LogP contribution in [0, 0.1) is 5.92 Å². The van der Waals surface area contributed by atoms with E-state index in [4.69, 9.17) is 0 Å². The van der Waals surface area contributed by atoms with Crippen molar-refractivity contribution in [1.82, 2.24) is 10.2 Å². The average molecular weight is 212 g/mol. The largest absolute Gasteiger partial charge is 0.315 e. The molecule has 0 spiro atoms. The van der Waals surface area contributed by atoms with Crippen molar-refractivity contribution in [2.45, 2.75) is 46.0 Å². The van der Waals surface area contributed by atoms with Crippen molar-refractivity contribution in [3.63, 3.8) is 0 Å². The van der Waals surface area contributed by atoms with Gasteiger partial charge in [0.05, 0.1) is 0 Å². The molecule has 0 saturated carbocycles. The molecule has 2 heteroatoms. The van der Waals surface area contributed by atoms with Crippen LogP contribution in [0.2, 0.25) is 0 Å². The molecule has 0 aliphatic carbocycles. The zero-order valence-electron chi connectivity index (χ0n) is 10.6. The molecule has 1 saturated heterocycles. The van der Waals surface area contributed by atoms with Crippen LogP contribution < -0.4 is 5.32 Å². The lowest BCUT2D eigenvalue weighted by Gasteiger charge is -2.16. The second kappa shape index (κ2) is 8.12. The summed E-state index contributed by atoms with van der Waals surface area (Å²) in [6.07, 6.45) is 6.84. The Labute approximate surface area is 95.4 Å². The van der Waals surface area contributed by atoms with E-state index >= 15 is 0 Å². The molecule has 15 heavy (non-hydrogen) atoms. The fraction of sp³-hybridized carbons (Fsp3) is 1.00. The molecule has 0 aromatic heterocycles. The Bertz CT molecular complexity index is 147. The molecule has 90 valence electrons. The highest BCUT2D eigenvalue weighted by atomic mass is 15.2. The number of nitrogens with one attached hydrogen (secondary N) is 1. The second-order valence-corrected chi connectivity index (χ2v) is 4.85. The van der Waals surface area contributed by atoms with Crippen LogP contribution in [0.1, 0.15) is 46.0 Å². The smallest absolute Gasteiger partial charge is 0.0107 e. The summed E-state index contributed by atoms with van der Waals surface area (Å²) in [5.74, 6) is 0.991. The maximum Gasteiger partial charge on any atom is 0.0107 e. The number of nitrogens with zero attached hydrogens (tertiary/aromatic N) is 1. The van der Waals surface area contributed by atoms with Crippen LogP contribution in [-0.2, 0) is 0 Å². The van der Waals surface area contributed by atoms with E-state index in [0.717, 1.165) is 5.92 Å². The van der Waals surface area contributed by atoms with E-state index < -0.39 is 0 Å². The van der Waals surface area contributed by atoms with Gasteiger partial charge in [0.1, 0.15) is 0 Å². The quantitative estimate of drug-likeness (QED) is 0.622. The van der Waals surface area contributed by atoms with Crippen LogP contribution in [0.3, 0.4) is 0 Å². The van der Waals surface area contributed by atoms with Crippen molar-refractivity contribution >= 4 is 0 Å². The van der Waals surface area contributed by atoms with Crippen molar-refractivity contribution in [3.8, 4) is 0 Å². The monoisotopic (exact) mass is 212 g/mol. The third-order valence-electron chi connectivity index (χ3n) is 3.38. The summed E-state index contributed by atoms with van der Waals surface area (Å²) >= 11 is 0. The minimum atomic E-state index is 0.991. The van der Waals surface area contributed by atoms with Gasteiger partial charge in [0.25, 0.3) is 0 Å². The van der Waals surface area contributed by atoms with Crippen molar-refractivity contribution in [2.24, 2.45) is 5.92 Å². The highest BCUT2D eigenvalue weighted by Crippen LogP contribution is 2.19. The first-order chi connectivity index (χ1) is 7.36. The molecular weight excluding hydrogens is 184 g/mol. The first-order valence-corrected chi connectivity index (χ1v) is 6.79. The molecular formula is C13H28N2. The molecule has 1 fully saturated rings. The fourth-order valence-corrected chi connectivity index (χ4v) is 2.42. The van der Waals surface area contributed by atoms with Gasteiger partial charge in [-0.3, -0.25) is 0 Å². The molecule has 2 nitrogen and oxygen atoms in total. The molecule has 1 aliphatic heterocycles. The maximum atomic E-state index is 3.52. The van der Waals surface area contributed by atoms with Gasteiger partial charge in [0.15, 0.2) is 0 Å². The van der Waals surface area contributed by atoms with E-state index in [1.54, 1.807) is 0 Å². The summed E-state index contributed by atoms with van der Waals surface area (Å²) in [6, 6.07) is 0. The number of likely N-dealkylation sites (tertiary alicyclic amines) is 1. The number of hydrogen-bond donors (Lipinski definition) is 1. The van der Waals surface area contributed by atoms with Crippen LogP contribution in [-0.4, -0.2) is 37.6 Å². The van der Waals surface area contributed by atoms with E-state index in [-0.39, 0.29) is 0 Å². The minimum absolute atomic E-state index is 0.991.